The third-order valence-electron chi connectivity index (χ3n) is 6.17. The van der Waals surface area contributed by atoms with E-state index >= 15 is 0 Å². The van der Waals surface area contributed by atoms with Crippen LogP contribution in [0.1, 0.15) is 32.3 Å². The number of nitrogens with zero attached hydrogens (tertiary/aromatic N) is 9. The summed E-state index contributed by atoms with van der Waals surface area (Å²) in [6.45, 7) is -1.79. The third-order valence-corrected chi connectivity index (χ3v) is 6.38. The third kappa shape index (κ3) is 3.88. The van der Waals surface area contributed by atoms with E-state index in [1.807, 2.05) is 13.0 Å². The first-order valence-corrected chi connectivity index (χ1v) is 11.8. The van der Waals surface area contributed by atoms with E-state index in [0.29, 0.717) is 27.1 Å². The second-order valence-corrected chi connectivity index (χ2v) is 9.11. The molecule has 0 bridgehead atoms. The number of aromatic nitrogens is 9. The second kappa shape index (κ2) is 9.03. The molecule has 190 valence electrons. The number of aryl methyl sites for hydroxylation is 3. The summed E-state index contributed by atoms with van der Waals surface area (Å²) in [7, 11) is 0. The summed E-state index contributed by atoms with van der Waals surface area (Å²) < 4.78 is 49.7. The van der Waals surface area contributed by atoms with Gasteiger partial charge in [0.25, 0.3) is 5.56 Å². The maximum atomic E-state index is 13.9. The van der Waals surface area contributed by atoms with Gasteiger partial charge < -0.3 is 5.32 Å². The molecule has 5 aromatic heterocycles. The van der Waals surface area contributed by atoms with Crippen LogP contribution in [0, 0.1) is 6.92 Å². The van der Waals surface area contributed by atoms with Gasteiger partial charge in [0.05, 0.1) is 29.6 Å². The number of anilines is 1. The molecule has 6 aromatic rings. The van der Waals surface area contributed by atoms with Gasteiger partial charge in [0.2, 0.25) is 5.82 Å². The molecule has 12 heteroatoms. The van der Waals surface area contributed by atoms with Crippen molar-refractivity contribution in [2.45, 2.75) is 19.9 Å². The van der Waals surface area contributed by atoms with Gasteiger partial charge in [-0.3, -0.25) is 18.7 Å². The van der Waals surface area contributed by atoms with E-state index < -0.39 is 25.6 Å². The molecule has 0 spiro atoms. The van der Waals surface area contributed by atoms with Gasteiger partial charge in [-0.05, 0) is 60.5 Å². The Labute approximate surface area is 230 Å². The molecular weight excluding hydrogens is 504 g/mol. The largest absolute Gasteiger partial charge is 0.377 e. The lowest BCUT2D eigenvalue weighted by molar-refractivity contribution is 0.630. The van der Waals surface area contributed by atoms with Crippen molar-refractivity contribution in [1.29, 1.82) is 0 Å². The van der Waals surface area contributed by atoms with Crippen LogP contribution in [-0.2, 0) is 14.0 Å². The molecule has 0 saturated heterocycles. The van der Waals surface area contributed by atoms with Crippen molar-refractivity contribution in [3.63, 3.8) is 0 Å². The lowest BCUT2D eigenvalue weighted by atomic mass is 10.0. The predicted octanol–water partition coefficient (Wildman–Crippen LogP) is 3.97. The maximum absolute atomic E-state index is 13.9. The van der Waals surface area contributed by atoms with Crippen LogP contribution in [0.25, 0.3) is 39.3 Å². The van der Waals surface area contributed by atoms with Crippen LogP contribution in [0.3, 0.4) is 0 Å². The van der Waals surface area contributed by atoms with E-state index in [1.165, 1.54) is 6.33 Å². The molecule has 1 aromatic carbocycles. The second-order valence-electron chi connectivity index (χ2n) is 8.72. The van der Waals surface area contributed by atoms with Crippen LogP contribution in [0.4, 0.5) is 5.69 Å². The highest BCUT2D eigenvalue weighted by atomic mass is 35.5. The normalized spacial score (nSPS) is 15.3. The fourth-order valence-corrected chi connectivity index (χ4v) is 4.70. The smallest absolute Gasteiger partial charge is 0.261 e. The zero-order chi connectivity index (χ0) is 31.6. The van der Waals surface area contributed by atoms with Crippen molar-refractivity contribution in [2.24, 2.45) is 14.0 Å². The van der Waals surface area contributed by atoms with Gasteiger partial charge in [-0.15, -0.1) is 10.2 Å². The highest BCUT2D eigenvalue weighted by molar-refractivity contribution is 6.29. The van der Waals surface area contributed by atoms with Crippen LogP contribution in [-0.4, -0.2) is 44.1 Å². The first-order chi connectivity index (χ1) is 20.7. The zero-order valence-electron chi connectivity index (χ0n) is 26.1. The number of benzene rings is 1. The van der Waals surface area contributed by atoms with Gasteiger partial charge in [0.1, 0.15) is 28.5 Å². The fraction of sp³-hybridized carbons (Fsp3) is 0.192. The Morgan fingerprint density at radius 1 is 1.16 bits per heavy atom. The quantitative estimate of drug-likeness (QED) is 0.331. The number of hydrogen-bond donors (Lipinski definition) is 1. The summed E-state index contributed by atoms with van der Waals surface area (Å²) >= 11 is 6.17. The van der Waals surface area contributed by atoms with E-state index in [9.17, 15) is 4.79 Å². The number of rotatable bonds is 5. The minimum atomic E-state index is -2.81. The number of pyridine rings is 2. The average Bonchev–Trinajstić information content (AvgIpc) is 3.62. The monoisotopic (exact) mass is 532 g/mol. The number of fused-ring (bicyclic) bond motifs is 3. The number of imidazole rings is 1. The molecule has 0 radical (unpaired) electrons. The fourth-order valence-electron chi connectivity index (χ4n) is 4.55. The molecular formula is C26H23ClN10O. The van der Waals surface area contributed by atoms with Gasteiger partial charge in [-0.25, -0.2) is 9.97 Å². The molecule has 38 heavy (non-hydrogen) atoms. The predicted molar refractivity (Wildman–Crippen MR) is 145 cm³/mol. The van der Waals surface area contributed by atoms with E-state index in [4.69, 9.17) is 19.8 Å². The standard InChI is InChI=1S/C26H23ClN10O/c1-14-10-17(15(2)30-19-7-8-20(27)31-22(19)24-32-34-36(4)33-24)23-18(11-14)26(38)35(3)25-21(29-13-37(23)25)16-6-5-9-28-12-16/h5-13,15,30H,1-4H3/i3D3,4D3. The SMILES string of the molecule is [2H]C([2H])([2H])n1nnc(-c2nc(Cl)ccc2NC(C)c2cc(C)cc3c(=O)n(C([2H])([2H])[2H])c4c(-c5cccnc5)ncn4c23)n1. The lowest BCUT2D eigenvalue weighted by Crippen LogP contribution is -2.21. The molecule has 0 aliphatic carbocycles. The molecule has 0 fully saturated rings. The van der Waals surface area contributed by atoms with E-state index in [2.05, 4.69) is 35.7 Å². The highest BCUT2D eigenvalue weighted by Crippen LogP contribution is 2.33. The molecule has 0 aliphatic rings. The van der Waals surface area contributed by atoms with Gasteiger partial charge in [-0.2, -0.15) is 4.80 Å². The molecule has 1 unspecified atom stereocenters. The first-order valence-electron chi connectivity index (χ1n) is 14.4. The summed E-state index contributed by atoms with van der Waals surface area (Å²) in [5.74, 6) is -0.0638. The Morgan fingerprint density at radius 2 is 2.05 bits per heavy atom. The molecule has 6 rings (SSSR count). The van der Waals surface area contributed by atoms with Gasteiger partial charge in [-0.1, -0.05) is 17.7 Å². The van der Waals surface area contributed by atoms with Crippen molar-refractivity contribution in [1.82, 2.24) is 44.1 Å². The molecule has 0 aliphatic heterocycles. The first kappa shape index (κ1) is 17.8. The van der Waals surface area contributed by atoms with Crippen LogP contribution < -0.4 is 10.9 Å². The van der Waals surface area contributed by atoms with Crippen molar-refractivity contribution >= 4 is 33.8 Å². The number of nitrogens with one attached hydrogen (secondary N) is 1. The number of halogens is 1. The summed E-state index contributed by atoms with van der Waals surface area (Å²) in [5.41, 5.74) is 2.61. The van der Waals surface area contributed by atoms with Crippen molar-refractivity contribution in [3.8, 4) is 22.8 Å². The van der Waals surface area contributed by atoms with Crippen LogP contribution in [0.5, 0.6) is 0 Å². The molecule has 0 saturated carbocycles. The molecule has 0 amide bonds. The topological polar surface area (TPSA) is 121 Å². The average molecular weight is 533 g/mol. The van der Waals surface area contributed by atoms with Crippen LogP contribution >= 0.6 is 11.6 Å². The number of tetrazole rings is 1. The van der Waals surface area contributed by atoms with Crippen LogP contribution in [0.2, 0.25) is 5.15 Å². The summed E-state index contributed by atoms with van der Waals surface area (Å²) in [6.07, 6.45) is 4.62. The van der Waals surface area contributed by atoms with E-state index in [-0.39, 0.29) is 33.4 Å². The Hall–Kier alpha value is -4.64. The number of hydrogen-bond acceptors (Lipinski definition) is 8. The molecule has 1 N–H and O–H groups in total. The molecule has 11 nitrogen and oxygen atoms in total. The van der Waals surface area contributed by atoms with Gasteiger partial charge in [0.15, 0.2) is 0 Å². The summed E-state index contributed by atoms with van der Waals surface area (Å²) in [4.78, 5) is 27.4. The Morgan fingerprint density at radius 3 is 2.82 bits per heavy atom. The Bertz CT molecular complexity index is 2100. The van der Waals surface area contributed by atoms with Crippen LogP contribution in [0.15, 0.2) is 59.9 Å². The highest BCUT2D eigenvalue weighted by Gasteiger charge is 2.22. The maximum Gasteiger partial charge on any atom is 0.261 e. The molecule has 1 atom stereocenters. The Kier molecular flexibility index (Phi) is 4.22. The molecule has 5 heterocycles. The van der Waals surface area contributed by atoms with Gasteiger partial charge >= 0.3 is 0 Å². The summed E-state index contributed by atoms with van der Waals surface area (Å²) in [6, 6.07) is 9.63. The minimum Gasteiger partial charge on any atom is -0.377 e. The Balaban J connectivity index is 1.56. The van der Waals surface area contributed by atoms with Crippen molar-refractivity contribution in [2.75, 3.05) is 5.32 Å². The van der Waals surface area contributed by atoms with E-state index in [1.54, 1.807) is 54.0 Å². The summed E-state index contributed by atoms with van der Waals surface area (Å²) in [5, 5.41) is 15.1. The lowest BCUT2D eigenvalue weighted by Gasteiger charge is -2.21. The minimum absolute atomic E-state index is 0.0638. The zero-order valence-corrected chi connectivity index (χ0v) is 20.8. The van der Waals surface area contributed by atoms with Gasteiger partial charge in [0, 0.05) is 33.2 Å². The van der Waals surface area contributed by atoms with Crippen molar-refractivity contribution < 1.29 is 8.22 Å². The van der Waals surface area contributed by atoms with E-state index in [0.717, 1.165) is 10.1 Å². The van der Waals surface area contributed by atoms with Crippen molar-refractivity contribution in [3.05, 3.63) is 81.8 Å².